The number of amides is 1. The number of carbonyl (C=O) groups is 1. The normalized spacial score (nSPS) is 18.9. The van der Waals surface area contributed by atoms with Crippen LogP contribution in [0.4, 0.5) is 0 Å². The first kappa shape index (κ1) is 13.2. The van der Waals surface area contributed by atoms with Gasteiger partial charge in [-0.25, -0.2) is 0 Å². The number of hydrogen-bond acceptors (Lipinski definition) is 4. The van der Waals surface area contributed by atoms with Crippen molar-refractivity contribution in [3.05, 3.63) is 29.8 Å². The molecule has 2 atom stereocenters. The zero-order valence-electron chi connectivity index (χ0n) is 10.4. The Kier molecular flexibility index (Phi) is 4.49. The molecule has 0 saturated carbocycles. The number of rotatable bonds is 5. The Balaban J connectivity index is 1.93. The van der Waals surface area contributed by atoms with Crippen LogP contribution < -0.4 is 15.8 Å². The van der Waals surface area contributed by atoms with Gasteiger partial charge < -0.3 is 15.8 Å². The summed E-state index contributed by atoms with van der Waals surface area (Å²) in [6.45, 7) is 0.486. The van der Waals surface area contributed by atoms with Crippen molar-refractivity contribution in [2.75, 3.05) is 18.6 Å². The second-order valence-electron chi connectivity index (χ2n) is 4.30. The molecule has 1 aliphatic heterocycles. The van der Waals surface area contributed by atoms with Gasteiger partial charge in [0.15, 0.2) is 0 Å². The van der Waals surface area contributed by atoms with Crippen LogP contribution in [-0.4, -0.2) is 30.6 Å². The molecule has 0 spiro atoms. The summed E-state index contributed by atoms with van der Waals surface area (Å²) in [6, 6.07) is 7.24. The van der Waals surface area contributed by atoms with Crippen molar-refractivity contribution < 1.29 is 9.53 Å². The summed E-state index contributed by atoms with van der Waals surface area (Å²) in [5.74, 6) is 1.64. The van der Waals surface area contributed by atoms with E-state index >= 15 is 0 Å². The quantitative estimate of drug-likeness (QED) is 0.843. The third-order valence-corrected chi connectivity index (χ3v) is 3.63. The Morgan fingerprint density at radius 1 is 1.61 bits per heavy atom. The largest absolute Gasteiger partial charge is 0.491 e. The molecule has 1 aromatic carbocycles. The molecule has 0 aliphatic carbocycles. The molecule has 2 rings (SSSR count). The minimum atomic E-state index is -0.440. The molecule has 3 N–H and O–H groups in total. The molecule has 5 heteroatoms. The van der Waals surface area contributed by atoms with Crippen LogP contribution in [0.5, 0.6) is 5.75 Å². The lowest BCUT2D eigenvalue weighted by atomic mass is 10.1. The van der Waals surface area contributed by atoms with Crippen molar-refractivity contribution in [2.24, 2.45) is 5.73 Å². The lowest BCUT2D eigenvalue weighted by Gasteiger charge is -2.15. The minimum absolute atomic E-state index is 0.0750. The van der Waals surface area contributed by atoms with Gasteiger partial charge in [-0.2, -0.15) is 11.8 Å². The van der Waals surface area contributed by atoms with E-state index in [4.69, 9.17) is 10.5 Å². The first-order chi connectivity index (χ1) is 8.72. The van der Waals surface area contributed by atoms with E-state index in [-0.39, 0.29) is 11.9 Å². The third kappa shape index (κ3) is 2.97. The van der Waals surface area contributed by atoms with Crippen molar-refractivity contribution in [3.8, 4) is 5.75 Å². The van der Waals surface area contributed by atoms with Crippen LogP contribution in [0.15, 0.2) is 24.3 Å². The highest BCUT2D eigenvalue weighted by Crippen LogP contribution is 2.31. The summed E-state index contributed by atoms with van der Waals surface area (Å²) >= 11 is 1.69. The molecule has 0 fully saturated rings. The number of benzene rings is 1. The molecule has 1 heterocycles. The smallest absolute Gasteiger partial charge is 0.237 e. The van der Waals surface area contributed by atoms with E-state index in [0.717, 1.165) is 17.1 Å². The molecule has 0 bridgehead atoms. The van der Waals surface area contributed by atoms with Crippen molar-refractivity contribution in [3.63, 3.8) is 0 Å². The predicted octanol–water partition coefficient (Wildman–Crippen LogP) is 1.32. The molecule has 98 valence electrons. The van der Waals surface area contributed by atoms with Gasteiger partial charge in [-0.1, -0.05) is 18.2 Å². The van der Waals surface area contributed by atoms with Crippen molar-refractivity contribution >= 4 is 17.7 Å². The number of fused-ring (bicyclic) bond motifs is 1. The van der Waals surface area contributed by atoms with E-state index in [0.29, 0.717) is 13.0 Å². The Morgan fingerprint density at radius 3 is 3.17 bits per heavy atom. The van der Waals surface area contributed by atoms with Crippen molar-refractivity contribution in [1.29, 1.82) is 0 Å². The van der Waals surface area contributed by atoms with Gasteiger partial charge in [0.05, 0.1) is 12.1 Å². The highest BCUT2D eigenvalue weighted by molar-refractivity contribution is 7.98. The summed E-state index contributed by atoms with van der Waals surface area (Å²) in [7, 11) is 0. The monoisotopic (exact) mass is 266 g/mol. The second-order valence-corrected chi connectivity index (χ2v) is 5.28. The van der Waals surface area contributed by atoms with E-state index in [1.54, 1.807) is 11.8 Å². The second kappa shape index (κ2) is 6.11. The van der Waals surface area contributed by atoms with Gasteiger partial charge >= 0.3 is 0 Å². The molecule has 1 unspecified atom stereocenters. The average Bonchev–Trinajstić information content (AvgIpc) is 2.79. The molecular weight excluding hydrogens is 248 g/mol. The van der Waals surface area contributed by atoms with Crippen LogP contribution in [0.3, 0.4) is 0 Å². The SMILES string of the molecule is CSCC[C@@H](N)C(=O)NC1COc2ccccc21. The molecular formula is C13H18N2O2S. The van der Waals surface area contributed by atoms with Gasteiger partial charge in [0.1, 0.15) is 12.4 Å². The van der Waals surface area contributed by atoms with Gasteiger partial charge in [0.2, 0.25) is 5.91 Å². The Morgan fingerprint density at radius 2 is 2.39 bits per heavy atom. The standard InChI is InChI=1S/C13H18N2O2S/c1-18-7-6-10(14)13(16)15-11-8-17-12-5-3-2-4-9(11)12/h2-5,10-11H,6-8,14H2,1H3,(H,15,16)/t10-,11?/m1/s1. The predicted molar refractivity (Wildman–Crippen MR) is 73.8 cm³/mol. The first-order valence-electron chi connectivity index (χ1n) is 5.99. The van der Waals surface area contributed by atoms with Crippen molar-refractivity contribution in [2.45, 2.75) is 18.5 Å². The highest BCUT2D eigenvalue weighted by Gasteiger charge is 2.26. The van der Waals surface area contributed by atoms with Gasteiger partial charge in [0, 0.05) is 5.56 Å². The van der Waals surface area contributed by atoms with E-state index in [1.165, 1.54) is 0 Å². The molecule has 0 radical (unpaired) electrons. The summed E-state index contributed by atoms with van der Waals surface area (Å²) in [5.41, 5.74) is 6.87. The molecule has 18 heavy (non-hydrogen) atoms. The Bertz CT molecular complexity index is 425. The fourth-order valence-electron chi connectivity index (χ4n) is 1.94. The van der Waals surface area contributed by atoms with E-state index in [9.17, 15) is 4.79 Å². The summed E-state index contributed by atoms with van der Waals surface area (Å²) in [5, 5.41) is 2.95. The number of hydrogen-bond donors (Lipinski definition) is 2. The molecule has 4 nitrogen and oxygen atoms in total. The maximum absolute atomic E-state index is 11.9. The molecule has 0 saturated heterocycles. The van der Waals surface area contributed by atoms with Gasteiger partial charge in [-0.05, 0) is 24.5 Å². The van der Waals surface area contributed by atoms with E-state index in [1.807, 2.05) is 30.5 Å². The number of nitrogens with two attached hydrogens (primary N) is 1. The Labute approximate surface area is 111 Å². The lowest BCUT2D eigenvalue weighted by Crippen LogP contribution is -2.42. The van der Waals surface area contributed by atoms with Gasteiger partial charge in [0.25, 0.3) is 0 Å². The maximum atomic E-state index is 11.9. The van der Waals surface area contributed by atoms with Crippen LogP contribution in [0.1, 0.15) is 18.0 Å². The fraction of sp³-hybridized carbons (Fsp3) is 0.462. The number of para-hydroxylation sites is 1. The molecule has 1 aromatic rings. The number of ether oxygens (including phenoxy) is 1. The molecule has 1 amide bonds. The first-order valence-corrected chi connectivity index (χ1v) is 7.38. The molecule has 1 aliphatic rings. The summed E-state index contributed by atoms with van der Waals surface area (Å²) in [6.07, 6.45) is 2.70. The van der Waals surface area contributed by atoms with Crippen LogP contribution in [0.25, 0.3) is 0 Å². The number of thioether (sulfide) groups is 1. The Hall–Kier alpha value is -1.20. The summed E-state index contributed by atoms with van der Waals surface area (Å²) in [4.78, 5) is 11.9. The van der Waals surface area contributed by atoms with Crippen molar-refractivity contribution in [1.82, 2.24) is 5.32 Å². The molecule has 0 aromatic heterocycles. The van der Waals surface area contributed by atoms with E-state index in [2.05, 4.69) is 5.32 Å². The third-order valence-electron chi connectivity index (χ3n) is 2.99. The van der Waals surface area contributed by atoms with Crippen LogP contribution >= 0.6 is 11.8 Å². The maximum Gasteiger partial charge on any atom is 0.237 e. The van der Waals surface area contributed by atoms with Crippen LogP contribution in [0, 0.1) is 0 Å². The lowest BCUT2D eigenvalue weighted by molar-refractivity contribution is -0.123. The van der Waals surface area contributed by atoms with Gasteiger partial charge in [-0.3, -0.25) is 4.79 Å². The number of carbonyl (C=O) groups excluding carboxylic acids is 1. The fourth-order valence-corrected chi connectivity index (χ4v) is 2.43. The number of nitrogens with one attached hydrogen (secondary N) is 1. The zero-order chi connectivity index (χ0) is 13.0. The van der Waals surface area contributed by atoms with Gasteiger partial charge in [-0.15, -0.1) is 0 Å². The topological polar surface area (TPSA) is 64.4 Å². The minimum Gasteiger partial charge on any atom is -0.491 e. The van der Waals surface area contributed by atoms with E-state index < -0.39 is 6.04 Å². The summed E-state index contributed by atoms with van der Waals surface area (Å²) < 4.78 is 5.51. The van der Waals surface area contributed by atoms with Crippen LogP contribution in [-0.2, 0) is 4.79 Å². The highest BCUT2D eigenvalue weighted by atomic mass is 32.2. The van der Waals surface area contributed by atoms with Crippen LogP contribution in [0.2, 0.25) is 0 Å². The average molecular weight is 266 g/mol. The zero-order valence-corrected chi connectivity index (χ0v) is 11.2.